The summed E-state index contributed by atoms with van der Waals surface area (Å²) in [5.41, 5.74) is 1.93. The summed E-state index contributed by atoms with van der Waals surface area (Å²) in [6.07, 6.45) is 1.87. The number of anilines is 1. The maximum Gasteiger partial charge on any atom is 0.243 e. The second-order valence-corrected chi connectivity index (χ2v) is 6.92. The van der Waals surface area contributed by atoms with Gasteiger partial charge in [-0.1, -0.05) is 25.5 Å². The smallest absolute Gasteiger partial charge is 0.243 e. The van der Waals surface area contributed by atoms with Crippen molar-refractivity contribution >= 4 is 22.8 Å². The molecule has 1 unspecified atom stereocenters. The number of para-hydroxylation sites is 2. The van der Waals surface area contributed by atoms with E-state index in [1.54, 1.807) is 0 Å². The average Bonchev–Trinajstić information content (AvgIpc) is 2.69. The third-order valence-electron chi connectivity index (χ3n) is 4.88. The number of benzene rings is 1. The molecule has 0 bridgehead atoms. The van der Waals surface area contributed by atoms with E-state index in [1.165, 1.54) is 0 Å². The number of carbonyl (C=O) groups excluding carboxylic acids is 1. The summed E-state index contributed by atoms with van der Waals surface area (Å²) in [6.45, 7) is 6.05. The molecule has 1 saturated heterocycles. The fourth-order valence-corrected chi connectivity index (χ4v) is 3.18. The first-order valence-corrected chi connectivity index (χ1v) is 9.51. The molecule has 27 heavy (non-hydrogen) atoms. The van der Waals surface area contributed by atoms with Crippen molar-refractivity contribution < 1.29 is 4.79 Å². The summed E-state index contributed by atoms with van der Waals surface area (Å²) in [4.78, 5) is 26.5. The lowest BCUT2D eigenvalue weighted by Crippen LogP contribution is -2.45. The first kappa shape index (κ1) is 19.1. The number of carbonyl (C=O) groups is 1. The number of unbranched alkanes of at least 4 members (excludes halogenated alkanes) is 1. The van der Waals surface area contributed by atoms with Gasteiger partial charge >= 0.3 is 0 Å². The number of hydrogen-bond donors (Lipinski definition) is 1. The Morgan fingerprint density at radius 1 is 1.22 bits per heavy atom. The fourth-order valence-electron chi connectivity index (χ4n) is 3.18. The largest absolute Gasteiger partial charge is 0.355 e. The zero-order valence-electron chi connectivity index (χ0n) is 16.0. The van der Waals surface area contributed by atoms with Gasteiger partial charge in [-0.05, 0) is 25.6 Å². The summed E-state index contributed by atoms with van der Waals surface area (Å²) in [5, 5.41) is 12.6. The van der Waals surface area contributed by atoms with E-state index in [4.69, 9.17) is 4.98 Å². The Labute approximate surface area is 160 Å². The minimum absolute atomic E-state index is 0.300. The highest BCUT2D eigenvalue weighted by atomic mass is 16.1. The molecule has 0 aliphatic carbocycles. The van der Waals surface area contributed by atoms with Crippen LogP contribution >= 0.6 is 0 Å². The predicted octanol–water partition coefficient (Wildman–Crippen LogP) is 1.91. The normalized spacial score (nSPS) is 16.1. The van der Waals surface area contributed by atoms with Crippen molar-refractivity contribution in [3.63, 3.8) is 0 Å². The van der Waals surface area contributed by atoms with Gasteiger partial charge in [-0.3, -0.25) is 4.79 Å². The number of nitriles is 1. The lowest BCUT2D eigenvalue weighted by Gasteiger charge is -2.34. The van der Waals surface area contributed by atoms with Crippen LogP contribution in [0.5, 0.6) is 0 Å². The molecule has 1 N–H and O–H groups in total. The van der Waals surface area contributed by atoms with Crippen LogP contribution in [0.3, 0.4) is 0 Å². The number of aromatic nitrogens is 2. The molecule has 1 amide bonds. The molecule has 1 atom stereocenters. The maximum atomic E-state index is 12.6. The van der Waals surface area contributed by atoms with E-state index in [0.717, 1.165) is 44.5 Å². The lowest BCUT2D eigenvalue weighted by molar-refractivity contribution is -0.121. The summed E-state index contributed by atoms with van der Waals surface area (Å²) in [6, 6.07) is 9.73. The molecular weight excluding hydrogens is 340 g/mol. The molecule has 1 aliphatic rings. The molecule has 1 aromatic heterocycles. The molecule has 1 aliphatic heterocycles. The molecule has 0 saturated carbocycles. The van der Waals surface area contributed by atoms with E-state index < -0.39 is 5.92 Å². The summed E-state index contributed by atoms with van der Waals surface area (Å²) < 4.78 is 0. The lowest BCUT2D eigenvalue weighted by atomic mass is 10.0. The molecule has 1 fully saturated rings. The Hall–Kier alpha value is -2.72. The topological polar surface area (TPSA) is 85.1 Å². The van der Waals surface area contributed by atoms with E-state index in [2.05, 4.69) is 40.1 Å². The Morgan fingerprint density at radius 2 is 1.89 bits per heavy atom. The third-order valence-corrected chi connectivity index (χ3v) is 4.88. The van der Waals surface area contributed by atoms with E-state index in [1.807, 2.05) is 24.3 Å². The number of rotatable bonds is 6. The fraction of sp³-hybridized carbons (Fsp3) is 0.500. The van der Waals surface area contributed by atoms with Crippen molar-refractivity contribution in [1.29, 1.82) is 5.26 Å². The van der Waals surface area contributed by atoms with E-state index >= 15 is 0 Å². The molecule has 0 radical (unpaired) electrons. The highest BCUT2D eigenvalue weighted by molar-refractivity contribution is 5.88. The summed E-state index contributed by atoms with van der Waals surface area (Å²) >= 11 is 0. The third kappa shape index (κ3) is 4.34. The highest BCUT2D eigenvalue weighted by Crippen LogP contribution is 2.28. The molecule has 2 aromatic rings. The molecule has 142 valence electrons. The number of nitrogens with zero attached hydrogens (tertiary/aromatic N) is 5. The van der Waals surface area contributed by atoms with Crippen molar-refractivity contribution in [3.8, 4) is 6.07 Å². The van der Waals surface area contributed by atoms with Crippen molar-refractivity contribution in [2.75, 3.05) is 44.7 Å². The second-order valence-electron chi connectivity index (χ2n) is 6.92. The SMILES string of the molecule is CCCCNC(=O)C(C#N)c1nc2ccccc2nc1N1CCN(C)CC1. The summed E-state index contributed by atoms with van der Waals surface area (Å²) in [5.74, 6) is -0.612. The average molecular weight is 366 g/mol. The van der Waals surface area contributed by atoms with Gasteiger partial charge in [0.25, 0.3) is 0 Å². The van der Waals surface area contributed by atoms with Crippen LogP contribution in [0, 0.1) is 11.3 Å². The van der Waals surface area contributed by atoms with Gasteiger partial charge in [0, 0.05) is 32.7 Å². The maximum absolute atomic E-state index is 12.6. The Morgan fingerprint density at radius 3 is 2.52 bits per heavy atom. The zero-order chi connectivity index (χ0) is 19.2. The zero-order valence-corrected chi connectivity index (χ0v) is 16.0. The van der Waals surface area contributed by atoms with Crippen LogP contribution in [0.4, 0.5) is 5.82 Å². The van der Waals surface area contributed by atoms with Crippen molar-refractivity contribution in [2.24, 2.45) is 0 Å². The van der Waals surface area contributed by atoms with Gasteiger partial charge in [0.2, 0.25) is 5.91 Å². The van der Waals surface area contributed by atoms with Crippen LogP contribution in [-0.2, 0) is 4.79 Å². The van der Waals surface area contributed by atoms with Crippen LogP contribution in [0.15, 0.2) is 24.3 Å². The van der Waals surface area contributed by atoms with Crippen molar-refractivity contribution in [1.82, 2.24) is 20.2 Å². The molecule has 2 heterocycles. The number of amides is 1. The summed E-state index contributed by atoms with van der Waals surface area (Å²) in [7, 11) is 2.09. The van der Waals surface area contributed by atoms with Gasteiger partial charge in [0.15, 0.2) is 11.7 Å². The van der Waals surface area contributed by atoms with E-state index in [9.17, 15) is 10.1 Å². The molecule has 7 nitrogen and oxygen atoms in total. The van der Waals surface area contributed by atoms with Crippen LogP contribution < -0.4 is 10.2 Å². The van der Waals surface area contributed by atoms with Gasteiger partial charge < -0.3 is 15.1 Å². The number of hydrogen-bond acceptors (Lipinski definition) is 6. The number of nitrogens with one attached hydrogen (secondary N) is 1. The van der Waals surface area contributed by atoms with Gasteiger partial charge in [0.1, 0.15) is 5.69 Å². The molecule has 7 heteroatoms. The molecular formula is C20H26N6O. The minimum atomic E-state index is -0.964. The Balaban J connectivity index is 1.99. The predicted molar refractivity (Wildman–Crippen MR) is 106 cm³/mol. The first-order valence-electron chi connectivity index (χ1n) is 9.51. The van der Waals surface area contributed by atoms with Gasteiger partial charge in [0.05, 0.1) is 17.1 Å². The van der Waals surface area contributed by atoms with Gasteiger partial charge in [-0.15, -0.1) is 0 Å². The van der Waals surface area contributed by atoms with Crippen molar-refractivity contribution in [3.05, 3.63) is 30.0 Å². The van der Waals surface area contributed by atoms with E-state index in [-0.39, 0.29) is 5.91 Å². The first-order chi connectivity index (χ1) is 13.1. The number of likely N-dealkylation sites (N-methyl/N-ethyl adjacent to an activating group) is 1. The standard InChI is InChI=1S/C20H26N6O/c1-3-4-9-22-20(27)15(14-21)18-19(26-12-10-25(2)11-13-26)24-17-8-6-5-7-16(17)23-18/h5-8,15H,3-4,9-13H2,1-2H3,(H,22,27). The Bertz CT molecular complexity index is 838. The molecule has 3 rings (SSSR count). The van der Waals surface area contributed by atoms with Crippen LogP contribution in [-0.4, -0.2) is 60.5 Å². The quantitative estimate of drug-likeness (QED) is 0.786. The molecule has 1 aromatic carbocycles. The number of fused-ring (bicyclic) bond motifs is 1. The highest BCUT2D eigenvalue weighted by Gasteiger charge is 2.29. The van der Waals surface area contributed by atoms with Gasteiger partial charge in [-0.25, -0.2) is 9.97 Å². The monoisotopic (exact) mass is 366 g/mol. The minimum Gasteiger partial charge on any atom is -0.355 e. The van der Waals surface area contributed by atoms with Gasteiger partial charge in [-0.2, -0.15) is 5.26 Å². The second kappa shape index (κ2) is 8.78. The van der Waals surface area contributed by atoms with Crippen molar-refractivity contribution in [2.45, 2.75) is 25.7 Å². The molecule has 0 spiro atoms. The van der Waals surface area contributed by atoms with E-state index in [0.29, 0.717) is 23.6 Å². The van der Waals surface area contributed by atoms with Crippen LogP contribution in [0.2, 0.25) is 0 Å². The Kier molecular flexibility index (Phi) is 6.20. The number of piperazine rings is 1. The van der Waals surface area contributed by atoms with Crippen LogP contribution in [0.25, 0.3) is 11.0 Å². The van der Waals surface area contributed by atoms with Crippen LogP contribution in [0.1, 0.15) is 31.4 Å².